The highest BCUT2D eigenvalue weighted by Crippen LogP contribution is 2.31. The number of hydrogen-bond acceptors (Lipinski definition) is 8. The minimum absolute atomic E-state index is 0.0606. The van der Waals surface area contributed by atoms with E-state index >= 15 is 0 Å². The molecule has 0 atom stereocenters. The normalized spacial score (nSPS) is 22.5. The lowest BCUT2D eigenvalue weighted by atomic mass is 10.0. The van der Waals surface area contributed by atoms with Gasteiger partial charge < -0.3 is 24.4 Å². The fourth-order valence-electron chi connectivity index (χ4n) is 3.93. The predicted molar refractivity (Wildman–Crippen MR) is 102 cm³/mol. The second kappa shape index (κ2) is 8.69. The molecule has 0 aromatic carbocycles. The second-order valence-electron chi connectivity index (χ2n) is 7.47. The third kappa shape index (κ3) is 4.60. The highest BCUT2D eigenvalue weighted by atomic mass is 16.7. The highest BCUT2D eigenvalue weighted by Gasteiger charge is 2.41. The standard InChI is InChI=1S/C19H29N5O4/c1-15-21-16(14-17(22-15)20-4-7-23-8-10-26-11-9-23)18(25)24-5-2-19(3-6-24)27-12-13-28-19/h14H,2-13H2,1H3,(H,20,21,22). The lowest BCUT2D eigenvalue weighted by Crippen LogP contribution is -2.47. The number of aryl methyl sites for hydroxylation is 1. The average Bonchev–Trinajstić information content (AvgIpc) is 3.16. The van der Waals surface area contributed by atoms with E-state index in [1.165, 1.54) is 0 Å². The van der Waals surface area contributed by atoms with E-state index in [1.54, 1.807) is 6.07 Å². The summed E-state index contributed by atoms with van der Waals surface area (Å²) in [5, 5.41) is 3.33. The van der Waals surface area contributed by atoms with Crippen molar-refractivity contribution < 1.29 is 19.0 Å². The van der Waals surface area contributed by atoms with E-state index in [0.29, 0.717) is 56.5 Å². The highest BCUT2D eigenvalue weighted by molar-refractivity contribution is 5.93. The lowest BCUT2D eigenvalue weighted by Gasteiger charge is -2.37. The molecule has 0 bridgehead atoms. The number of carbonyl (C=O) groups excluding carboxylic acids is 1. The molecule has 28 heavy (non-hydrogen) atoms. The smallest absolute Gasteiger partial charge is 0.272 e. The molecule has 4 rings (SSSR count). The minimum Gasteiger partial charge on any atom is -0.379 e. The third-order valence-corrected chi connectivity index (χ3v) is 5.52. The van der Waals surface area contributed by atoms with Gasteiger partial charge in [-0.25, -0.2) is 9.97 Å². The zero-order chi connectivity index (χ0) is 19.4. The van der Waals surface area contributed by atoms with Crippen molar-refractivity contribution in [3.63, 3.8) is 0 Å². The van der Waals surface area contributed by atoms with Crippen LogP contribution in [-0.2, 0) is 14.2 Å². The molecule has 0 unspecified atom stereocenters. The summed E-state index contributed by atoms with van der Waals surface area (Å²) in [5.74, 6) is 0.746. The molecule has 3 aliphatic heterocycles. The summed E-state index contributed by atoms with van der Waals surface area (Å²) >= 11 is 0. The van der Waals surface area contributed by atoms with E-state index in [4.69, 9.17) is 14.2 Å². The van der Waals surface area contributed by atoms with Crippen molar-refractivity contribution in [3.05, 3.63) is 17.6 Å². The molecule has 1 aromatic rings. The minimum atomic E-state index is -0.482. The summed E-state index contributed by atoms with van der Waals surface area (Å²) in [5.41, 5.74) is 0.436. The molecule has 9 heteroatoms. The third-order valence-electron chi connectivity index (χ3n) is 5.52. The Kier molecular flexibility index (Phi) is 6.05. The summed E-state index contributed by atoms with van der Waals surface area (Å²) in [7, 11) is 0. The molecule has 1 spiro atoms. The molecule has 4 heterocycles. The molecule has 3 aliphatic rings. The number of morpholine rings is 1. The summed E-state index contributed by atoms with van der Waals surface area (Å²) in [6.45, 7) is 9.50. The molecule has 9 nitrogen and oxygen atoms in total. The van der Waals surface area contributed by atoms with Crippen LogP contribution in [0.4, 0.5) is 5.82 Å². The van der Waals surface area contributed by atoms with E-state index in [1.807, 2.05) is 11.8 Å². The second-order valence-corrected chi connectivity index (χ2v) is 7.47. The van der Waals surface area contributed by atoms with Gasteiger partial charge in [0, 0.05) is 58.2 Å². The fraction of sp³-hybridized carbons (Fsp3) is 0.737. The van der Waals surface area contributed by atoms with Crippen molar-refractivity contribution in [3.8, 4) is 0 Å². The molecule has 3 fully saturated rings. The number of carbonyl (C=O) groups is 1. The predicted octanol–water partition coefficient (Wildman–Crippen LogP) is 0.508. The summed E-state index contributed by atoms with van der Waals surface area (Å²) in [6, 6.07) is 1.75. The van der Waals surface area contributed by atoms with Gasteiger partial charge in [-0.15, -0.1) is 0 Å². The summed E-state index contributed by atoms with van der Waals surface area (Å²) in [4.78, 5) is 25.9. The lowest BCUT2D eigenvalue weighted by molar-refractivity contribution is -0.181. The van der Waals surface area contributed by atoms with Gasteiger partial charge in [-0.05, 0) is 6.92 Å². The van der Waals surface area contributed by atoms with Crippen molar-refractivity contribution >= 4 is 11.7 Å². The van der Waals surface area contributed by atoms with Crippen LogP contribution in [0.25, 0.3) is 0 Å². The SMILES string of the molecule is Cc1nc(NCCN2CCOCC2)cc(C(=O)N2CCC3(CC2)OCCO3)n1. The Bertz CT molecular complexity index is 679. The average molecular weight is 391 g/mol. The quantitative estimate of drug-likeness (QED) is 0.777. The van der Waals surface area contributed by atoms with Crippen LogP contribution in [0.1, 0.15) is 29.2 Å². The Hall–Kier alpha value is -1.81. The van der Waals surface area contributed by atoms with Gasteiger partial charge in [0.05, 0.1) is 26.4 Å². The molecule has 1 N–H and O–H groups in total. The zero-order valence-electron chi connectivity index (χ0n) is 16.5. The van der Waals surface area contributed by atoms with Crippen LogP contribution in [0.5, 0.6) is 0 Å². The Morgan fingerprint density at radius 3 is 2.54 bits per heavy atom. The number of anilines is 1. The number of likely N-dealkylation sites (tertiary alicyclic amines) is 1. The first-order chi connectivity index (χ1) is 13.6. The zero-order valence-corrected chi connectivity index (χ0v) is 16.5. The number of rotatable bonds is 5. The number of nitrogens with zero attached hydrogens (tertiary/aromatic N) is 4. The van der Waals surface area contributed by atoms with Gasteiger partial charge >= 0.3 is 0 Å². The summed E-state index contributed by atoms with van der Waals surface area (Å²) < 4.78 is 16.9. The van der Waals surface area contributed by atoms with Crippen molar-refractivity contribution in [1.29, 1.82) is 0 Å². The number of ether oxygens (including phenoxy) is 3. The molecular weight excluding hydrogens is 362 g/mol. The summed E-state index contributed by atoms with van der Waals surface area (Å²) in [6.07, 6.45) is 1.40. The van der Waals surface area contributed by atoms with Gasteiger partial charge in [-0.2, -0.15) is 0 Å². The Balaban J connectivity index is 1.33. The van der Waals surface area contributed by atoms with Crippen LogP contribution in [0.2, 0.25) is 0 Å². The maximum atomic E-state index is 12.9. The molecule has 0 aliphatic carbocycles. The molecular formula is C19H29N5O4. The van der Waals surface area contributed by atoms with E-state index in [0.717, 1.165) is 39.4 Å². The maximum Gasteiger partial charge on any atom is 0.272 e. The number of amides is 1. The van der Waals surface area contributed by atoms with E-state index in [2.05, 4.69) is 20.2 Å². The number of hydrogen-bond donors (Lipinski definition) is 1. The van der Waals surface area contributed by atoms with Gasteiger partial charge in [0.2, 0.25) is 0 Å². The van der Waals surface area contributed by atoms with E-state index in [-0.39, 0.29) is 5.91 Å². The van der Waals surface area contributed by atoms with Gasteiger partial charge in [0.1, 0.15) is 17.3 Å². The van der Waals surface area contributed by atoms with Crippen LogP contribution in [0.15, 0.2) is 6.07 Å². The van der Waals surface area contributed by atoms with Crippen molar-refractivity contribution in [2.24, 2.45) is 0 Å². The van der Waals surface area contributed by atoms with Gasteiger partial charge in [-0.1, -0.05) is 0 Å². The molecule has 0 radical (unpaired) electrons. The van der Waals surface area contributed by atoms with E-state index in [9.17, 15) is 4.79 Å². The van der Waals surface area contributed by atoms with Gasteiger partial charge in [-0.3, -0.25) is 9.69 Å². The topological polar surface area (TPSA) is 89.1 Å². The monoisotopic (exact) mass is 391 g/mol. The molecule has 3 saturated heterocycles. The van der Waals surface area contributed by atoms with Crippen LogP contribution >= 0.6 is 0 Å². The maximum absolute atomic E-state index is 12.9. The molecule has 154 valence electrons. The van der Waals surface area contributed by atoms with Crippen molar-refractivity contribution in [2.45, 2.75) is 25.6 Å². The van der Waals surface area contributed by atoms with Crippen molar-refractivity contribution in [1.82, 2.24) is 19.8 Å². The van der Waals surface area contributed by atoms with Gasteiger partial charge in [0.15, 0.2) is 5.79 Å². The Morgan fingerprint density at radius 1 is 1.11 bits per heavy atom. The Labute approximate surface area is 165 Å². The van der Waals surface area contributed by atoms with Gasteiger partial charge in [0.25, 0.3) is 5.91 Å². The first-order valence-corrected chi connectivity index (χ1v) is 10.1. The van der Waals surface area contributed by atoms with Crippen LogP contribution in [0.3, 0.4) is 0 Å². The first kappa shape index (κ1) is 19.5. The molecule has 0 saturated carbocycles. The number of piperidine rings is 1. The number of aromatic nitrogens is 2. The van der Waals surface area contributed by atoms with E-state index < -0.39 is 5.79 Å². The largest absolute Gasteiger partial charge is 0.379 e. The van der Waals surface area contributed by atoms with Crippen molar-refractivity contribution in [2.75, 3.05) is 71.0 Å². The van der Waals surface area contributed by atoms with Crippen LogP contribution in [-0.4, -0.2) is 97.2 Å². The first-order valence-electron chi connectivity index (χ1n) is 10.1. The molecule has 1 amide bonds. The number of nitrogens with one attached hydrogen (secondary N) is 1. The Morgan fingerprint density at radius 2 is 1.82 bits per heavy atom. The van der Waals surface area contributed by atoms with Crippen LogP contribution in [0, 0.1) is 6.92 Å². The van der Waals surface area contributed by atoms with Crippen LogP contribution < -0.4 is 5.32 Å². The fourth-order valence-corrected chi connectivity index (χ4v) is 3.93. The molecule has 1 aromatic heterocycles.